The van der Waals surface area contributed by atoms with Gasteiger partial charge in [0.05, 0.1) is 12.7 Å². The molecular formula is C16H15ClN2O. The summed E-state index contributed by atoms with van der Waals surface area (Å²) in [7, 11) is 1.57. The summed E-state index contributed by atoms with van der Waals surface area (Å²) in [5.74, 6) is 0.601. The van der Waals surface area contributed by atoms with E-state index < -0.39 is 0 Å². The highest BCUT2D eigenvalue weighted by Crippen LogP contribution is 2.19. The predicted molar refractivity (Wildman–Crippen MR) is 79.7 cm³/mol. The summed E-state index contributed by atoms with van der Waals surface area (Å²) < 4.78 is 5.19. The van der Waals surface area contributed by atoms with E-state index in [2.05, 4.69) is 11.4 Å². The third-order valence-corrected chi connectivity index (χ3v) is 3.36. The maximum atomic E-state index is 8.94. The van der Waals surface area contributed by atoms with Gasteiger partial charge in [-0.2, -0.15) is 5.26 Å². The van der Waals surface area contributed by atoms with Gasteiger partial charge in [0, 0.05) is 18.1 Å². The molecule has 2 aromatic rings. The number of nitriles is 1. The van der Waals surface area contributed by atoms with Gasteiger partial charge in [0.15, 0.2) is 0 Å². The molecule has 3 nitrogen and oxygen atoms in total. The minimum Gasteiger partial charge on any atom is -0.495 e. The van der Waals surface area contributed by atoms with E-state index in [0.717, 1.165) is 16.1 Å². The van der Waals surface area contributed by atoms with Crippen molar-refractivity contribution in [2.24, 2.45) is 0 Å². The standard InChI is InChI=1S/C16H15ClN2O/c1-20-16-8-12(6-7-13(16)9-18)10-19-11-14-4-2-3-5-15(14)17/h2-8,19H,10-11H2,1H3. The minimum absolute atomic E-state index is 0.544. The van der Waals surface area contributed by atoms with Crippen molar-refractivity contribution in [3.8, 4) is 11.8 Å². The van der Waals surface area contributed by atoms with E-state index in [0.29, 0.717) is 24.4 Å². The van der Waals surface area contributed by atoms with Crippen molar-refractivity contribution in [2.45, 2.75) is 13.1 Å². The molecule has 0 saturated carbocycles. The molecule has 4 heteroatoms. The van der Waals surface area contributed by atoms with Crippen molar-refractivity contribution in [1.29, 1.82) is 5.26 Å². The summed E-state index contributed by atoms with van der Waals surface area (Å²) in [6.45, 7) is 1.38. The van der Waals surface area contributed by atoms with Crippen LogP contribution in [0.3, 0.4) is 0 Å². The van der Waals surface area contributed by atoms with Gasteiger partial charge in [-0.1, -0.05) is 35.9 Å². The molecule has 102 valence electrons. The van der Waals surface area contributed by atoms with Crippen LogP contribution in [0.5, 0.6) is 5.75 Å². The van der Waals surface area contributed by atoms with Crippen LogP contribution in [0, 0.1) is 11.3 Å². The van der Waals surface area contributed by atoms with Crippen LogP contribution in [-0.4, -0.2) is 7.11 Å². The first-order valence-corrected chi connectivity index (χ1v) is 6.63. The molecule has 0 spiro atoms. The summed E-state index contributed by atoms with van der Waals surface area (Å²) in [5, 5.41) is 13.0. The number of nitrogens with zero attached hydrogens (tertiary/aromatic N) is 1. The quantitative estimate of drug-likeness (QED) is 0.915. The Bertz CT molecular complexity index is 635. The van der Waals surface area contributed by atoms with Crippen LogP contribution in [0.4, 0.5) is 0 Å². The lowest BCUT2D eigenvalue weighted by atomic mass is 10.1. The molecule has 2 aromatic carbocycles. The molecule has 0 atom stereocenters. The van der Waals surface area contributed by atoms with Gasteiger partial charge in [-0.3, -0.25) is 0 Å². The fourth-order valence-electron chi connectivity index (χ4n) is 1.92. The zero-order valence-corrected chi connectivity index (χ0v) is 11.9. The van der Waals surface area contributed by atoms with E-state index in [1.165, 1.54) is 0 Å². The van der Waals surface area contributed by atoms with Crippen molar-refractivity contribution in [3.05, 3.63) is 64.2 Å². The first kappa shape index (κ1) is 14.4. The molecule has 1 N–H and O–H groups in total. The molecule has 0 aliphatic rings. The lowest BCUT2D eigenvalue weighted by Gasteiger charge is -2.09. The van der Waals surface area contributed by atoms with Gasteiger partial charge in [0.1, 0.15) is 11.8 Å². The van der Waals surface area contributed by atoms with Gasteiger partial charge in [-0.25, -0.2) is 0 Å². The molecule has 0 radical (unpaired) electrons. The largest absolute Gasteiger partial charge is 0.495 e. The molecule has 0 heterocycles. The highest BCUT2D eigenvalue weighted by Gasteiger charge is 2.04. The molecule has 2 rings (SSSR count). The Labute approximate surface area is 123 Å². The van der Waals surface area contributed by atoms with E-state index in [4.69, 9.17) is 21.6 Å². The maximum absolute atomic E-state index is 8.94. The van der Waals surface area contributed by atoms with Gasteiger partial charge in [-0.05, 0) is 29.3 Å². The molecule has 0 aliphatic heterocycles. The van der Waals surface area contributed by atoms with Crippen LogP contribution in [0.25, 0.3) is 0 Å². The van der Waals surface area contributed by atoms with Crippen molar-refractivity contribution in [1.82, 2.24) is 5.32 Å². The van der Waals surface area contributed by atoms with Crippen LogP contribution in [0.1, 0.15) is 16.7 Å². The molecule has 0 fully saturated rings. The van der Waals surface area contributed by atoms with Crippen molar-refractivity contribution < 1.29 is 4.74 Å². The Kier molecular flexibility index (Phi) is 5.00. The number of nitrogens with one attached hydrogen (secondary N) is 1. The average molecular weight is 287 g/mol. The van der Waals surface area contributed by atoms with Gasteiger partial charge < -0.3 is 10.1 Å². The maximum Gasteiger partial charge on any atom is 0.136 e. The second-order valence-corrected chi connectivity index (χ2v) is 4.75. The summed E-state index contributed by atoms with van der Waals surface area (Å²) in [5.41, 5.74) is 2.67. The first-order valence-electron chi connectivity index (χ1n) is 6.25. The number of hydrogen-bond acceptors (Lipinski definition) is 3. The molecule has 20 heavy (non-hydrogen) atoms. The van der Waals surface area contributed by atoms with Crippen LogP contribution >= 0.6 is 11.6 Å². The van der Waals surface area contributed by atoms with Gasteiger partial charge >= 0.3 is 0 Å². The number of benzene rings is 2. The topological polar surface area (TPSA) is 45.0 Å². The molecule has 0 saturated heterocycles. The van der Waals surface area contributed by atoms with Crippen LogP contribution in [-0.2, 0) is 13.1 Å². The smallest absolute Gasteiger partial charge is 0.136 e. The SMILES string of the molecule is COc1cc(CNCc2ccccc2Cl)ccc1C#N. The van der Waals surface area contributed by atoms with Gasteiger partial charge in [0.25, 0.3) is 0 Å². The summed E-state index contributed by atoms with van der Waals surface area (Å²) >= 11 is 6.10. The van der Waals surface area contributed by atoms with Gasteiger partial charge in [-0.15, -0.1) is 0 Å². The zero-order valence-electron chi connectivity index (χ0n) is 11.2. The molecule has 0 amide bonds. The number of rotatable bonds is 5. The lowest BCUT2D eigenvalue weighted by molar-refractivity contribution is 0.412. The van der Waals surface area contributed by atoms with Crippen LogP contribution in [0.15, 0.2) is 42.5 Å². The average Bonchev–Trinajstić information content (AvgIpc) is 2.49. The molecule has 0 bridgehead atoms. The second kappa shape index (κ2) is 6.95. The zero-order chi connectivity index (χ0) is 14.4. The summed E-state index contributed by atoms with van der Waals surface area (Å²) in [4.78, 5) is 0. The molecule has 0 unspecified atom stereocenters. The number of hydrogen-bond donors (Lipinski definition) is 1. The van der Waals surface area contributed by atoms with E-state index >= 15 is 0 Å². The number of halogens is 1. The van der Waals surface area contributed by atoms with Crippen LogP contribution in [0.2, 0.25) is 5.02 Å². The van der Waals surface area contributed by atoms with Crippen LogP contribution < -0.4 is 10.1 Å². The van der Waals surface area contributed by atoms with Gasteiger partial charge in [0.2, 0.25) is 0 Å². The Morgan fingerprint density at radius 3 is 2.70 bits per heavy atom. The number of methoxy groups -OCH3 is 1. The predicted octanol–water partition coefficient (Wildman–Crippen LogP) is 3.51. The molecule has 0 aromatic heterocycles. The summed E-state index contributed by atoms with van der Waals surface area (Å²) in [6, 6.07) is 15.4. The normalized spacial score (nSPS) is 10.1. The van der Waals surface area contributed by atoms with Crippen molar-refractivity contribution >= 4 is 11.6 Å². The minimum atomic E-state index is 0.544. The molecule has 0 aliphatic carbocycles. The van der Waals surface area contributed by atoms with E-state index in [-0.39, 0.29) is 0 Å². The highest BCUT2D eigenvalue weighted by atomic mass is 35.5. The van der Waals surface area contributed by atoms with E-state index in [9.17, 15) is 0 Å². The van der Waals surface area contributed by atoms with E-state index in [1.807, 2.05) is 36.4 Å². The highest BCUT2D eigenvalue weighted by molar-refractivity contribution is 6.31. The first-order chi connectivity index (χ1) is 9.74. The second-order valence-electron chi connectivity index (χ2n) is 4.34. The van der Waals surface area contributed by atoms with Crippen molar-refractivity contribution in [2.75, 3.05) is 7.11 Å². The Balaban J connectivity index is 1.98. The Morgan fingerprint density at radius 1 is 1.20 bits per heavy atom. The number of ether oxygens (including phenoxy) is 1. The summed E-state index contributed by atoms with van der Waals surface area (Å²) in [6.07, 6.45) is 0. The third kappa shape index (κ3) is 3.51. The Hall–Kier alpha value is -2.02. The monoisotopic (exact) mass is 286 g/mol. The lowest BCUT2D eigenvalue weighted by Crippen LogP contribution is -2.13. The Morgan fingerprint density at radius 2 is 2.00 bits per heavy atom. The fraction of sp³-hybridized carbons (Fsp3) is 0.188. The molecular weight excluding hydrogens is 272 g/mol. The fourth-order valence-corrected chi connectivity index (χ4v) is 2.12. The third-order valence-electron chi connectivity index (χ3n) is 2.99. The van der Waals surface area contributed by atoms with Crippen molar-refractivity contribution in [3.63, 3.8) is 0 Å². The van der Waals surface area contributed by atoms with E-state index in [1.54, 1.807) is 13.2 Å².